The predicted molar refractivity (Wildman–Crippen MR) is 157 cm³/mol. The van der Waals surface area contributed by atoms with Crippen LogP contribution in [0.1, 0.15) is 44.5 Å². The second kappa shape index (κ2) is 13.4. The molecule has 0 amide bonds. The molecule has 0 saturated heterocycles. The van der Waals surface area contributed by atoms with Crippen LogP contribution in [0.3, 0.4) is 0 Å². The monoisotopic (exact) mass is 581 g/mol. The lowest BCUT2D eigenvalue weighted by Crippen LogP contribution is -2.04. The molecule has 41 heavy (non-hydrogen) atoms. The van der Waals surface area contributed by atoms with Crippen LogP contribution in [-0.4, -0.2) is 35.7 Å². The van der Waals surface area contributed by atoms with E-state index in [-0.39, 0.29) is 42.5 Å². The summed E-state index contributed by atoms with van der Waals surface area (Å²) in [6, 6.07) is 16.2. The van der Waals surface area contributed by atoms with Gasteiger partial charge in [-0.2, -0.15) is 5.10 Å². The summed E-state index contributed by atoms with van der Waals surface area (Å²) in [6.45, 7) is 4.00. The van der Waals surface area contributed by atoms with Crippen molar-refractivity contribution in [3.63, 3.8) is 0 Å². The van der Waals surface area contributed by atoms with Crippen LogP contribution in [0, 0.1) is 11.6 Å². The van der Waals surface area contributed by atoms with E-state index in [0.29, 0.717) is 39.8 Å². The molecule has 2 aromatic heterocycles. The number of aromatic amines is 1. The summed E-state index contributed by atoms with van der Waals surface area (Å²) in [5, 5.41) is 4.86. The molecule has 216 valence electrons. The van der Waals surface area contributed by atoms with Crippen LogP contribution in [0.15, 0.2) is 78.0 Å². The van der Waals surface area contributed by atoms with Crippen molar-refractivity contribution in [2.75, 3.05) is 6.26 Å². The maximum absolute atomic E-state index is 15.0. The van der Waals surface area contributed by atoms with E-state index < -0.39 is 15.7 Å². The van der Waals surface area contributed by atoms with Crippen molar-refractivity contribution in [3.8, 4) is 17.2 Å². The minimum absolute atomic E-state index is 0. The number of rotatable bonds is 9. The Morgan fingerprint density at radius 3 is 2.49 bits per heavy atom. The molecular formula is C31H33F2N3O4S. The van der Waals surface area contributed by atoms with Crippen molar-refractivity contribution in [2.24, 2.45) is 0 Å². The Morgan fingerprint density at radius 1 is 1.02 bits per heavy atom. The molecule has 0 unspecified atom stereocenters. The molecule has 0 fully saturated rings. The number of hydrogen-bond acceptors (Lipinski definition) is 5. The quantitative estimate of drug-likeness (QED) is 0.186. The maximum Gasteiger partial charge on any atom is 0.182 e. The number of sulfone groups is 1. The Morgan fingerprint density at radius 2 is 1.76 bits per heavy atom. The third-order valence-corrected chi connectivity index (χ3v) is 7.24. The molecule has 7 nitrogen and oxygen atoms in total. The summed E-state index contributed by atoms with van der Waals surface area (Å²) >= 11 is 0. The number of hydrogen-bond donors (Lipinski definition) is 1. The number of aryl methyl sites for hydroxylation is 1. The van der Waals surface area contributed by atoms with Gasteiger partial charge in [0.25, 0.3) is 0 Å². The molecule has 0 bridgehead atoms. The van der Waals surface area contributed by atoms with Gasteiger partial charge in [-0.15, -0.1) is 0 Å². The number of aromatic nitrogens is 3. The van der Waals surface area contributed by atoms with Crippen LogP contribution in [0.4, 0.5) is 8.78 Å². The molecule has 5 aromatic rings. The Labute approximate surface area is 238 Å². The molecule has 0 radical (unpaired) electrons. The Balaban J connectivity index is 0.00000151. The fourth-order valence-corrected chi connectivity index (χ4v) is 5.42. The first-order chi connectivity index (χ1) is 19.2. The lowest BCUT2D eigenvalue weighted by atomic mass is 10.0. The lowest BCUT2D eigenvalue weighted by molar-refractivity contribution is -0.107. The Bertz CT molecular complexity index is 1760. The zero-order valence-electron chi connectivity index (χ0n) is 22.3. The van der Waals surface area contributed by atoms with E-state index in [4.69, 9.17) is 4.74 Å². The first-order valence-corrected chi connectivity index (χ1v) is 14.7. The van der Waals surface area contributed by atoms with Gasteiger partial charge in [0, 0.05) is 54.5 Å². The molecule has 10 heteroatoms. The molecule has 0 aliphatic carbocycles. The summed E-state index contributed by atoms with van der Waals surface area (Å²) in [5.74, 6) is -1.33. The normalized spacial score (nSPS) is 11.0. The van der Waals surface area contributed by atoms with E-state index in [2.05, 4.69) is 10.1 Å². The number of aldehydes is 1. The molecule has 2 heterocycles. The average Bonchev–Trinajstić information content (AvgIpc) is 3.60. The zero-order chi connectivity index (χ0) is 28.9. The van der Waals surface area contributed by atoms with Crippen molar-refractivity contribution < 1.29 is 26.7 Å². The number of nitrogens with zero attached hydrogens (tertiary/aromatic N) is 2. The number of halogens is 2. The summed E-state index contributed by atoms with van der Waals surface area (Å²) in [4.78, 5) is 13.2. The first-order valence-electron chi connectivity index (χ1n) is 12.8. The molecule has 0 aliphatic rings. The van der Waals surface area contributed by atoms with E-state index in [1.165, 1.54) is 12.3 Å². The SMILES string of the molecule is C.CC.CS(=O)(=O)c1c(Oc2cccc(-n3ccc(Cc4cccc(CCC=O)c4F)n3)c2)c(F)cc2[nH]ccc12. The van der Waals surface area contributed by atoms with Gasteiger partial charge in [0.2, 0.25) is 0 Å². The highest BCUT2D eigenvalue weighted by Crippen LogP contribution is 2.37. The van der Waals surface area contributed by atoms with Gasteiger partial charge in [0.05, 0.1) is 11.4 Å². The number of H-pyrrole nitrogens is 1. The van der Waals surface area contributed by atoms with E-state index >= 15 is 0 Å². The van der Waals surface area contributed by atoms with E-state index in [1.807, 2.05) is 13.8 Å². The third-order valence-electron chi connectivity index (χ3n) is 6.10. The van der Waals surface area contributed by atoms with Gasteiger partial charge in [-0.25, -0.2) is 21.9 Å². The molecular weight excluding hydrogens is 548 g/mol. The largest absolute Gasteiger partial charge is 0.453 e. The lowest BCUT2D eigenvalue weighted by Gasteiger charge is -2.13. The molecule has 0 spiro atoms. The highest BCUT2D eigenvalue weighted by atomic mass is 32.2. The number of carbonyl (C=O) groups excluding carboxylic acids is 1. The topological polar surface area (TPSA) is 94.1 Å². The summed E-state index contributed by atoms with van der Waals surface area (Å²) in [5.41, 5.74) is 2.50. The summed E-state index contributed by atoms with van der Waals surface area (Å²) in [7, 11) is -3.82. The minimum atomic E-state index is -3.82. The Hall–Kier alpha value is -4.31. The molecule has 0 atom stereocenters. The van der Waals surface area contributed by atoms with Crippen LogP contribution >= 0.6 is 0 Å². The minimum Gasteiger partial charge on any atom is -0.453 e. The Kier molecular flexibility index (Phi) is 10.2. The number of fused-ring (bicyclic) bond motifs is 1. The van der Waals surface area contributed by atoms with Crippen molar-refractivity contribution >= 4 is 27.0 Å². The van der Waals surface area contributed by atoms with E-state index in [9.17, 15) is 22.0 Å². The van der Waals surface area contributed by atoms with Gasteiger partial charge in [0.15, 0.2) is 21.4 Å². The summed E-state index contributed by atoms with van der Waals surface area (Å²) < 4.78 is 62.2. The first kappa shape index (κ1) is 31.2. The fourth-order valence-electron chi connectivity index (χ4n) is 4.37. The van der Waals surface area contributed by atoms with Gasteiger partial charge in [-0.3, -0.25) is 0 Å². The van der Waals surface area contributed by atoms with Gasteiger partial charge in [0.1, 0.15) is 22.7 Å². The highest BCUT2D eigenvalue weighted by molar-refractivity contribution is 7.91. The van der Waals surface area contributed by atoms with E-state index in [0.717, 1.165) is 12.5 Å². The van der Waals surface area contributed by atoms with Gasteiger partial charge in [-0.05, 0) is 41.8 Å². The molecule has 5 rings (SSSR count). The number of ether oxygens (including phenoxy) is 1. The van der Waals surface area contributed by atoms with Crippen LogP contribution in [0.5, 0.6) is 11.5 Å². The van der Waals surface area contributed by atoms with Gasteiger partial charge >= 0.3 is 0 Å². The summed E-state index contributed by atoms with van der Waals surface area (Å²) in [6.07, 6.45) is 5.85. The van der Waals surface area contributed by atoms with Crippen LogP contribution in [0.25, 0.3) is 16.6 Å². The second-order valence-electron chi connectivity index (χ2n) is 8.85. The van der Waals surface area contributed by atoms with Crippen molar-refractivity contribution in [1.29, 1.82) is 0 Å². The van der Waals surface area contributed by atoms with Gasteiger partial charge in [-0.1, -0.05) is 45.5 Å². The standard InChI is InChI=1S/C28H23F2N3O4S.C2H6.CH4/c1-38(35,36)28-23-10-12-31-25(23)17-24(29)27(28)37-22-9-3-8-21(16-22)33-13-11-20(32-33)15-19-6-2-5-18(26(19)30)7-4-14-34;1-2;/h2-3,5-6,8-14,16-17,31H,4,7,15H2,1H3;1-2H3;1H4. The molecule has 3 aromatic carbocycles. The average molecular weight is 582 g/mol. The predicted octanol–water partition coefficient (Wildman–Crippen LogP) is 7.21. The van der Waals surface area contributed by atoms with Crippen LogP contribution in [0.2, 0.25) is 0 Å². The number of nitrogens with one attached hydrogen (secondary N) is 1. The fraction of sp³-hybridized carbons (Fsp3) is 0.226. The van der Waals surface area contributed by atoms with Crippen LogP contribution < -0.4 is 4.74 Å². The maximum atomic E-state index is 15.0. The van der Waals surface area contributed by atoms with Crippen molar-refractivity contribution in [2.45, 2.75) is 45.4 Å². The molecule has 0 aliphatic heterocycles. The second-order valence-corrected chi connectivity index (χ2v) is 10.8. The molecule has 1 N–H and O–H groups in total. The zero-order valence-corrected chi connectivity index (χ0v) is 23.1. The van der Waals surface area contributed by atoms with Crippen molar-refractivity contribution in [3.05, 3.63) is 102 Å². The van der Waals surface area contributed by atoms with E-state index in [1.54, 1.807) is 65.5 Å². The highest BCUT2D eigenvalue weighted by Gasteiger charge is 2.24. The third kappa shape index (κ3) is 6.89. The number of carbonyl (C=O) groups is 1. The van der Waals surface area contributed by atoms with Crippen molar-refractivity contribution in [1.82, 2.24) is 14.8 Å². The van der Waals surface area contributed by atoms with Crippen LogP contribution in [-0.2, 0) is 27.5 Å². The smallest absolute Gasteiger partial charge is 0.182 e. The van der Waals surface area contributed by atoms with Gasteiger partial charge < -0.3 is 14.5 Å². The molecule has 0 saturated carbocycles. The number of benzene rings is 3.